The number of halogens is 1. The first kappa shape index (κ1) is 14.0. The summed E-state index contributed by atoms with van der Waals surface area (Å²) in [6.07, 6.45) is 6.39. The van der Waals surface area contributed by atoms with Crippen molar-refractivity contribution in [3.05, 3.63) is 52.7 Å². The van der Waals surface area contributed by atoms with Crippen LogP contribution in [-0.2, 0) is 19.3 Å². The summed E-state index contributed by atoms with van der Waals surface area (Å²) in [7, 11) is 1.91. The number of hydrogen-bond donors (Lipinski definition) is 1. The maximum absolute atomic E-state index is 13.0. The van der Waals surface area contributed by atoms with E-state index in [0.717, 1.165) is 30.0 Å². The van der Waals surface area contributed by atoms with E-state index in [2.05, 4.69) is 10.3 Å². The Hall–Kier alpha value is -1.97. The highest BCUT2D eigenvalue weighted by atomic mass is 19.1. The Morgan fingerprint density at radius 2 is 1.81 bits per heavy atom. The first-order valence-electron chi connectivity index (χ1n) is 7.57. The monoisotopic (exact) mass is 285 g/mol. The standard InChI is InChI=1S/C17H20FN3/c1-19-17-14-5-3-2-4-6-15(14)20-16(21-17)11-12-7-9-13(18)10-8-12/h7-10H,2-6,11H2,1H3,(H,19,20,21). The third-order valence-corrected chi connectivity index (χ3v) is 3.99. The van der Waals surface area contributed by atoms with Gasteiger partial charge < -0.3 is 5.32 Å². The fourth-order valence-electron chi connectivity index (χ4n) is 2.89. The third kappa shape index (κ3) is 3.20. The number of benzene rings is 1. The van der Waals surface area contributed by atoms with Crippen LogP contribution in [0.5, 0.6) is 0 Å². The van der Waals surface area contributed by atoms with Crippen molar-refractivity contribution < 1.29 is 4.39 Å². The summed E-state index contributed by atoms with van der Waals surface area (Å²) in [5, 5.41) is 3.21. The molecular formula is C17H20FN3. The van der Waals surface area contributed by atoms with Crippen molar-refractivity contribution in [2.45, 2.75) is 38.5 Å². The zero-order valence-corrected chi connectivity index (χ0v) is 12.3. The van der Waals surface area contributed by atoms with Crippen molar-refractivity contribution in [1.29, 1.82) is 0 Å². The topological polar surface area (TPSA) is 37.8 Å². The molecule has 2 aromatic rings. The summed E-state index contributed by atoms with van der Waals surface area (Å²) in [5.74, 6) is 1.56. The Labute approximate surface area is 124 Å². The lowest BCUT2D eigenvalue weighted by Crippen LogP contribution is -2.09. The molecule has 0 bridgehead atoms. The first-order chi connectivity index (χ1) is 10.3. The molecule has 3 rings (SSSR count). The van der Waals surface area contributed by atoms with Crippen molar-refractivity contribution >= 4 is 5.82 Å². The largest absolute Gasteiger partial charge is 0.373 e. The maximum atomic E-state index is 13.0. The van der Waals surface area contributed by atoms with Crippen LogP contribution in [0.4, 0.5) is 10.2 Å². The van der Waals surface area contributed by atoms with Crippen LogP contribution in [0.1, 0.15) is 41.9 Å². The zero-order chi connectivity index (χ0) is 14.7. The van der Waals surface area contributed by atoms with Gasteiger partial charge in [0.25, 0.3) is 0 Å². The van der Waals surface area contributed by atoms with E-state index in [-0.39, 0.29) is 5.82 Å². The van der Waals surface area contributed by atoms with Crippen LogP contribution in [0.15, 0.2) is 24.3 Å². The van der Waals surface area contributed by atoms with Gasteiger partial charge in [-0.05, 0) is 43.4 Å². The molecule has 1 N–H and O–H groups in total. The van der Waals surface area contributed by atoms with Gasteiger partial charge in [-0.3, -0.25) is 0 Å². The van der Waals surface area contributed by atoms with Crippen LogP contribution >= 0.6 is 0 Å². The number of hydrogen-bond acceptors (Lipinski definition) is 3. The number of aryl methyl sites for hydroxylation is 1. The van der Waals surface area contributed by atoms with Gasteiger partial charge in [0, 0.05) is 24.7 Å². The number of anilines is 1. The van der Waals surface area contributed by atoms with E-state index in [1.165, 1.54) is 42.7 Å². The van der Waals surface area contributed by atoms with E-state index >= 15 is 0 Å². The summed E-state index contributed by atoms with van der Waals surface area (Å²) in [6, 6.07) is 6.56. The minimum absolute atomic E-state index is 0.211. The fourth-order valence-corrected chi connectivity index (χ4v) is 2.89. The molecule has 1 aromatic heterocycles. The van der Waals surface area contributed by atoms with E-state index in [1.54, 1.807) is 12.1 Å². The molecule has 0 radical (unpaired) electrons. The normalized spacial score (nSPS) is 14.4. The van der Waals surface area contributed by atoms with Gasteiger partial charge in [-0.15, -0.1) is 0 Å². The lowest BCUT2D eigenvalue weighted by atomic mass is 10.1. The predicted molar refractivity (Wildman–Crippen MR) is 82.0 cm³/mol. The fraction of sp³-hybridized carbons (Fsp3) is 0.412. The SMILES string of the molecule is CNc1nc(Cc2ccc(F)cc2)nc2c1CCCCC2. The van der Waals surface area contributed by atoms with Crippen molar-refractivity contribution in [1.82, 2.24) is 9.97 Å². The summed E-state index contributed by atoms with van der Waals surface area (Å²) in [4.78, 5) is 9.40. The molecule has 3 nitrogen and oxygen atoms in total. The van der Waals surface area contributed by atoms with E-state index in [1.807, 2.05) is 7.05 Å². The Kier molecular flexibility index (Phi) is 4.13. The van der Waals surface area contributed by atoms with E-state index < -0.39 is 0 Å². The van der Waals surface area contributed by atoms with Crippen molar-refractivity contribution in [3.8, 4) is 0 Å². The lowest BCUT2D eigenvalue weighted by molar-refractivity contribution is 0.627. The molecular weight excluding hydrogens is 265 g/mol. The molecule has 1 aromatic carbocycles. The van der Waals surface area contributed by atoms with E-state index in [0.29, 0.717) is 6.42 Å². The van der Waals surface area contributed by atoms with Crippen LogP contribution in [0.2, 0.25) is 0 Å². The number of rotatable bonds is 3. The van der Waals surface area contributed by atoms with Crippen LogP contribution in [0.25, 0.3) is 0 Å². The van der Waals surface area contributed by atoms with Crippen molar-refractivity contribution in [3.63, 3.8) is 0 Å². The maximum Gasteiger partial charge on any atom is 0.135 e. The summed E-state index contributed by atoms with van der Waals surface area (Å²) in [5.41, 5.74) is 3.49. The third-order valence-electron chi connectivity index (χ3n) is 3.99. The number of nitrogens with zero attached hydrogens (tertiary/aromatic N) is 2. The van der Waals surface area contributed by atoms with Gasteiger partial charge in [0.2, 0.25) is 0 Å². The molecule has 1 aliphatic carbocycles. The lowest BCUT2D eigenvalue weighted by Gasteiger charge is -2.13. The van der Waals surface area contributed by atoms with Crippen LogP contribution in [0.3, 0.4) is 0 Å². The quantitative estimate of drug-likeness (QED) is 0.877. The second-order valence-electron chi connectivity index (χ2n) is 5.53. The number of nitrogens with one attached hydrogen (secondary N) is 1. The van der Waals surface area contributed by atoms with Crippen LogP contribution in [-0.4, -0.2) is 17.0 Å². The smallest absolute Gasteiger partial charge is 0.135 e. The Morgan fingerprint density at radius 1 is 1.05 bits per heavy atom. The molecule has 0 saturated heterocycles. The van der Waals surface area contributed by atoms with Gasteiger partial charge >= 0.3 is 0 Å². The Bertz CT molecular complexity index is 623. The molecule has 0 atom stereocenters. The molecule has 1 aliphatic rings. The molecule has 0 aliphatic heterocycles. The second-order valence-corrected chi connectivity index (χ2v) is 5.53. The highest BCUT2D eigenvalue weighted by Crippen LogP contribution is 2.25. The van der Waals surface area contributed by atoms with E-state index in [4.69, 9.17) is 4.98 Å². The van der Waals surface area contributed by atoms with Crippen LogP contribution in [0, 0.1) is 5.82 Å². The molecule has 0 spiro atoms. The van der Waals surface area contributed by atoms with Crippen molar-refractivity contribution in [2.24, 2.45) is 0 Å². The van der Waals surface area contributed by atoms with Gasteiger partial charge in [0.1, 0.15) is 17.5 Å². The van der Waals surface area contributed by atoms with Gasteiger partial charge in [-0.25, -0.2) is 14.4 Å². The average Bonchev–Trinajstić information content (AvgIpc) is 2.74. The molecule has 21 heavy (non-hydrogen) atoms. The summed E-state index contributed by atoms with van der Waals surface area (Å²) >= 11 is 0. The molecule has 0 fully saturated rings. The van der Waals surface area contributed by atoms with Gasteiger partial charge in [-0.2, -0.15) is 0 Å². The summed E-state index contributed by atoms with van der Waals surface area (Å²) < 4.78 is 13.0. The highest BCUT2D eigenvalue weighted by molar-refractivity contribution is 5.47. The molecule has 110 valence electrons. The summed E-state index contributed by atoms with van der Waals surface area (Å²) in [6.45, 7) is 0. The van der Waals surface area contributed by atoms with Crippen LogP contribution < -0.4 is 5.32 Å². The van der Waals surface area contributed by atoms with Gasteiger partial charge in [-0.1, -0.05) is 18.6 Å². The predicted octanol–water partition coefficient (Wildman–Crippen LogP) is 3.52. The minimum atomic E-state index is -0.211. The second kappa shape index (κ2) is 6.20. The van der Waals surface area contributed by atoms with Gasteiger partial charge in [0.15, 0.2) is 0 Å². The average molecular weight is 285 g/mol. The highest BCUT2D eigenvalue weighted by Gasteiger charge is 2.16. The molecule has 0 saturated carbocycles. The molecule has 1 heterocycles. The number of fused-ring (bicyclic) bond motifs is 1. The Morgan fingerprint density at radius 3 is 2.57 bits per heavy atom. The van der Waals surface area contributed by atoms with Crippen molar-refractivity contribution in [2.75, 3.05) is 12.4 Å². The van der Waals surface area contributed by atoms with E-state index in [9.17, 15) is 4.39 Å². The number of aromatic nitrogens is 2. The minimum Gasteiger partial charge on any atom is -0.373 e. The zero-order valence-electron chi connectivity index (χ0n) is 12.3. The van der Waals surface area contributed by atoms with Gasteiger partial charge in [0.05, 0.1) is 0 Å². The Balaban J connectivity index is 1.92. The molecule has 0 unspecified atom stereocenters. The molecule has 4 heteroatoms. The molecule has 0 amide bonds. The first-order valence-corrected chi connectivity index (χ1v) is 7.57.